The van der Waals surface area contributed by atoms with E-state index in [1.165, 1.54) is 6.21 Å². The van der Waals surface area contributed by atoms with Crippen molar-refractivity contribution in [2.45, 2.75) is 13.5 Å². The predicted octanol–water partition coefficient (Wildman–Crippen LogP) is 5.67. The third-order valence-electron chi connectivity index (χ3n) is 5.22. The summed E-state index contributed by atoms with van der Waals surface area (Å²) in [6, 6.07) is 26.5. The number of rotatable bonds is 8. The van der Waals surface area contributed by atoms with Crippen molar-refractivity contribution in [1.82, 2.24) is 5.43 Å². The van der Waals surface area contributed by atoms with E-state index in [1.807, 2.05) is 31.2 Å². The molecule has 0 heterocycles. The molecular formula is C28H24BrN3O4. The van der Waals surface area contributed by atoms with Crippen molar-refractivity contribution >= 4 is 50.4 Å². The van der Waals surface area contributed by atoms with E-state index in [4.69, 9.17) is 9.47 Å². The van der Waals surface area contributed by atoms with Gasteiger partial charge in [0.1, 0.15) is 6.61 Å². The fourth-order valence-corrected chi connectivity index (χ4v) is 3.77. The Morgan fingerprint density at radius 1 is 0.889 bits per heavy atom. The summed E-state index contributed by atoms with van der Waals surface area (Å²) in [5, 5.41) is 8.69. The maximum absolute atomic E-state index is 12.1. The molecule has 2 amide bonds. The second-order valence-electron chi connectivity index (χ2n) is 7.73. The summed E-state index contributed by atoms with van der Waals surface area (Å²) >= 11 is 3.32. The molecule has 0 aliphatic rings. The highest BCUT2D eigenvalue weighted by atomic mass is 79.9. The lowest BCUT2D eigenvalue weighted by molar-refractivity contribution is -0.136. The Hall–Kier alpha value is -4.17. The number of benzene rings is 4. The van der Waals surface area contributed by atoms with Crippen LogP contribution in [-0.4, -0.2) is 24.6 Å². The Morgan fingerprint density at radius 2 is 1.67 bits per heavy atom. The molecule has 7 nitrogen and oxygen atoms in total. The number of anilines is 1. The number of hydrogen-bond donors (Lipinski definition) is 2. The smallest absolute Gasteiger partial charge is 0.329 e. The molecule has 4 rings (SSSR count). The van der Waals surface area contributed by atoms with Crippen LogP contribution in [0, 0.1) is 0 Å². The van der Waals surface area contributed by atoms with Gasteiger partial charge in [0.05, 0.1) is 12.8 Å². The van der Waals surface area contributed by atoms with Gasteiger partial charge in [-0.05, 0) is 71.3 Å². The molecule has 8 heteroatoms. The number of ether oxygens (including phenoxy) is 2. The fraction of sp³-hybridized carbons (Fsp3) is 0.107. The Morgan fingerprint density at radius 3 is 2.47 bits per heavy atom. The van der Waals surface area contributed by atoms with Crippen molar-refractivity contribution in [2.24, 2.45) is 5.10 Å². The van der Waals surface area contributed by atoms with Gasteiger partial charge in [0, 0.05) is 10.2 Å². The summed E-state index contributed by atoms with van der Waals surface area (Å²) in [6.45, 7) is 2.73. The van der Waals surface area contributed by atoms with Crippen LogP contribution < -0.4 is 20.2 Å². The minimum Gasteiger partial charge on any atom is -0.490 e. The molecular weight excluding hydrogens is 522 g/mol. The van der Waals surface area contributed by atoms with Crippen LogP contribution in [0.2, 0.25) is 0 Å². The average molecular weight is 546 g/mol. The Labute approximate surface area is 217 Å². The molecule has 0 saturated carbocycles. The van der Waals surface area contributed by atoms with E-state index in [9.17, 15) is 9.59 Å². The summed E-state index contributed by atoms with van der Waals surface area (Å²) in [5.74, 6) is -0.545. The molecule has 182 valence electrons. The van der Waals surface area contributed by atoms with Crippen LogP contribution in [0.5, 0.6) is 11.5 Å². The van der Waals surface area contributed by atoms with Crippen LogP contribution in [0.3, 0.4) is 0 Å². The van der Waals surface area contributed by atoms with Gasteiger partial charge in [-0.25, -0.2) is 5.43 Å². The van der Waals surface area contributed by atoms with Gasteiger partial charge >= 0.3 is 11.8 Å². The summed E-state index contributed by atoms with van der Waals surface area (Å²) < 4.78 is 12.7. The van der Waals surface area contributed by atoms with Gasteiger partial charge in [0.25, 0.3) is 0 Å². The molecule has 4 aromatic carbocycles. The molecule has 0 aromatic heterocycles. The van der Waals surface area contributed by atoms with E-state index in [2.05, 4.69) is 50.0 Å². The summed E-state index contributed by atoms with van der Waals surface area (Å²) in [5.41, 5.74) is 4.48. The zero-order valence-electron chi connectivity index (χ0n) is 19.5. The number of halogens is 1. The standard InChI is InChI=1S/C28H24BrN3O4/c1-2-35-26-16-19(17-30-32-28(34)27(33)31-23-13-11-22(29)12-14-23)10-15-25(26)36-18-21-8-5-7-20-6-3-4-9-24(20)21/h3-17H,2,18H2,1H3,(H,31,33)(H,32,34)/b30-17+. The van der Waals surface area contributed by atoms with Gasteiger partial charge in [-0.3, -0.25) is 9.59 Å². The number of nitrogens with zero attached hydrogens (tertiary/aromatic N) is 1. The van der Waals surface area contributed by atoms with Gasteiger partial charge in [-0.1, -0.05) is 58.4 Å². The first kappa shape index (κ1) is 24.9. The Balaban J connectivity index is 1.38. The maximum Gasteiger partial charge on any atom is 0.329 e. The molecule has 0 atom stereocenters. The highest BCUT2D eigenvalue weighted by molar-refractivity contribution is 9.10. The van der Waals surface area contributed by atoms with E-state index in [0.29, 0.717) is 36.0 Å². The van der Waals surface area contributed by atoms with Crippen LogP contribution in [-0.2, 0) is 16.2 Å². The first-order valence-electron chi connectivity index (χ1n) is 11.3. The van der Waals surface area contributed by atoms with Crippen molar-refractivity contribution in [3.63, 3.8) is 0 Å². The minimum absolute atomic E-state index is 0.387. The van der Waals surface area contributed by atoms with Gasteiger partial charge in [0.2, 0.25) is 0 Å². The molecule has 0 unspecified atom stereocenters. The summed E-state index contributed by atoms with van der Waals surface area (Å²) in [4.78, 5) is 24.1. The molecule has 4 aromatic rings. The van der Waals surface area contributed by atoms with Gasteiger partial charge in [0.15, 0.2) is 11.5 Å². The Kier molecular flexibility index (Phi) is 8.31. The van der Waals surface area contributed by atoms with Gasteiger partial charge in [-0.2, -0.15) is 5.10 Å². The molecule has 2 N–H and O–H groups in total. The number of hydrogen-bond acceptors (Lipinski definition) is 5. The average Bonchev–Trinajstić information content (AvgIpc) is 2.89. The van der Waals surface area contributed by atoms with E-state index < -0.39 is 11.8 Å². The van der Waals surface area contributed by atoms with E-state index in [1.54, 1.807) is 42.5 Å². The van der Waals surface area contributed by atoms with E-state index >= 15 is 0 Å². The number of hydrazone groups is 1. The molecule has 0 spiro atoms. The second-order valence-corrected chi connectivity index (χ2v) is 8.64. The number of nitrogens with one attached hydrogen (secondary N) is 2. The highest BCUT2D eigenvalue weighted by Gasteiger charge is 2.13. The lowest BCUT2D eigenvalue weighted by Gasteiger charge is -2.13. The molecule has 36 heavy (non-hydrogen) atoms. The van der Waals surface area contributed by atoms with Crippen LogP contribution in [0.1, 0.15) is 18.1 Å². The van der Waals surface area contributed by atoms with Gasteiger partial charge < -0.3 is 14.8 Å². The normalized spacial score (nSPS) is 10.8. The molecule has 0 fully saturated rings. The fourth-order valence-electron chi connectivity index (χ4n) is 3.50. The van der Waals surface area contributed by atoms with Crippen LogP contribution >= 0.6 is 15.9 Å². The maximum atomic E-state index is 12.1. The Bertz CT molecular complexity index is 1400. The van der Waals surface area contributed by atoms with Crippen molar-refractivity contribution in [3.05, 3.63) is 101 Å². The summed E-state index contributed by atoms with van der Waals surface area (Å²) in [6.07, 6.45) is 1.43. The van der Waals surface area contributed by atoms with Crippen molar-refractivity contribution < 1.29 is 19.1 Å². The monoisotopic (exact) mass is 545 g/mol. The third-order valence-corrected chi connectivity index (χ3v) is 5.75. The first-order valence-corrected chi connectivity index (χ1v) is 12.1. The number of carbonyl (C=O) groups is 2. The SMILES string of the molecule is CCOc1cc(/C=N/NC(=O)C(=O)Nc2ccc(Br)cc2)ccc1OCc1cccc2ccccc12. The highest BCUT2D eigenvalue weighted by Crippen LogP contribution is 2.30. The summed E-state index contributed by atoms with van der Waals surface area (Å²) in [7, 11) is 0. The molecule has 0 radical (unpaired) electrons. The molecule has 0 aliphatic heterocycles. The van der Waals surface area contributed by atoms with E-state index in [-0.39, 0.29) is 0 Å². The predicted molar refractivity (Wildman–Crippen MR) is 144 cm³/mol. The largest absolute Gasteiger partial charge is 0.490 e. The second kappa shape index (κ2) is 12.0. The molecule has 0 aliphatic carbocycles. The number of carbonyl (C=O) groups excluding carboxylic acids is 2. The van der Waals surface area contributed by atoms with Crippen LogP contribution in [0.4, 0.5) is 5.69 Å². The molecule has 0 bridgehead atoms. The molecule has 0 saturated heterocycles. The zero-order chi connectivity index (χ0) is 25.3. The number of fused-ring (bicyclic) bond motifs is 1. The van der Waals surface area contributed by atoms with Crippen molar-refractivity contribution in [3.8, 4) is 11.5 Å². The van der Waals surface area contributed by atoms with Crippen LogP contribution in [0.25, 0.3) is 10.8 Å². The van der Waals surface area contributed by atoms with Crippen molar-refractivity contribution in [1.29, 1.82) is 0 Å². The van der Waals surface area contributed by atoms with E-state index in [0.717, 1.165) is 20.8 Å². The van der Waals surface area contributed by atoms with Crippen molar-refractivity contribution in [2.75, 3.05) is 11.9 Å². The third kappa shape index (κ3) is 6.49. The number of amides is 2. The minimum atomic E-state index is -0.880. The van der Waals surface area contributed by atoms with Gasteiger partial charge in [-0.15, -0.1) is 0 Å². The first-order chi connectivity index (χ1) is 17.5. The lowest BCUT2D eigenvalue weighted by Crippen LogP contribution is -2.32. The lowest BCUT2D eigenvalue weighted by atomic mass is 10.1. The quantitative estimate of drug-likeness (QED) is 0.169. The van der Waals surface area contributed by atoms with Crippen LogP contribution in [0.15, 0.2) is 94.5 Å². The zero-order valence-corrected chi connectivity index (χ0v) is 21.1. The topological polar surface area (TPSA) is 89.0 Å².